The van der Waals surface area contributed by atoms with E-state index in [-0.39, 0.29) is 0 Å². The van der Waals surface area contributed by atoms with E-state index in [1.807, 2.05) is 12.2 Å². The minimum atomic E-state index is 0.542. The van der Waals surface area contributed by atoms with Crippen molar-refractivity contribution in [1.29, 1.82) is 0 Å². The van der Waals surface area contributed by atoms with Gasteiger partial charge >= 0.3 is 0 Å². The summed E-state index contributed by atoms with van der Waals surface area (Å²) in [5, 5.41) is 3.60. The van der Waals surface area contributed by atoms with Crippen molar-refractivity contribution in [2.75, 3.05) is 6.54 Å². The Morgan fingerprint density at radius 3 is 2.67 bits per heavy atom. The van der Waals surface area contributed by atoms with E-state index >= 15 is 0 Å². The molecule has 1 heteroatoms. The Kier molecular flexibility index (Phi) is 5.41. The highest BCUT2D eigenvalue weighted by Gasteiger charge is 2.23. The third kappa shape index (κ3) is 3.67. The predicted molar refractivity (Wildman–Crippen MR) is 67.9 cm³/mol. The summed E-state index contributed by atoms with van der Waals surface area (Å²) < 4.78 is 0. The fraction of sp³-hybridized carbons (Fsp3) is 0.571. The van der Waals surface area contributed by atoms with Crippen LogP contribution in [-0.4, -0.2) is 12.6 Å². The van der Waals surface area contributed by atoms with Crippen LogP contribution in [0, 0.1) is 5.92 Å². The highest BCUT2D eigenvalue weighted by Crippen LogP contribution is 2.26. The van der Waals surface area contributed by atoms with Gasteiger partial charge in [0.25, 0.3) is 0 Å². The van der Waals surface area contributed by atoms with Crippen LogP contribution >= 0.6 is 0 Å². The molecule has 1 fully saturated rings. The molecule has 0 amide bonds. The summed E-state index contributed by atoms with van der Waals surface area (Å²) in [6.45, 7) is 13.0. The third-order valence-corrected chi connectivity index (χ3v) is 3.19. The van der Waals surface area contributed by atoms with Gasteiger partial charge in [-0.3, -0.25) is 0 Å². The van der Waals surface area contributed by atoms with Crippen LogP contribution < -0.4 is 5.32 Å². The van der Waals surface area contributed by atoms with Gasteiger partial charge in [0.15, 0.2) is 0 Å². The second-order valence-corrected chi connectivity index (χ2v) is 4.34. The normalized spacial score (nSPS) is 23.1. The average molecular weight is 205 g/mol. The van der Waals surface area contributed by atoms with E-state index in [4.69, 9.17) is 0 Å². The molecule has 0 aromatic heterocycles. The van der Waals surface area contributed by atoms with Gasteiger partial charge in [0.2, 0.25) is 0 Å². The molecule has 84 valence electrons. The number of nitrogens with one attached hydrogen (secondary N) is 1. The first kappa shape index (κ1) is 12.3. The average Bonchev–Trinajstić information content (AvgIpc) is 2.27. The van der Waals surface area contributed by atoms with Gasteiger partial charge in [-0.15, -0.1) is 13.2 Å². The zero-order chi connectivity index (χ0) is 11.1. The van der Waals surface area contributed by atoms with Crippen molar-refractivity contribution in [3.8, 4) is 0 Å². The Morgan fingerprint density at radius 1 is 1.33 bits per heavy atom. The molecule has 0 aromatic rings. The molecule has 1 nitrogen and oxygen atoms in total. The molecular weight excluding hydrogens is 182 g/mol. The Bertz CT molecular complexity index is 223. The van der Waals surface area contributed by atoms with Gasteiger partial charge in [0.1, 0.15) is 0 Å². The van der Waals surface area contributed by atoms with Crippen molar-refractivity contribution in [3.63, 3.8) is 0 Å². The molecule has 1 N–H and O–H groups in total. The summed E-state index contributed by atoms with van der Waals surface area (Å²) in [6.07, 6.45) is 9.84. The van der Waals surface area contributed by atoms with Gasteiger partial charge in [-0.2, -0.15) is 0 Å². The van der Waals surface area contributed by atoms with E-state index in [1.165, 1.54) is 24.8 Å². The number of hydrogen-bond acceptors (Lipinski definition) is 1. The Morgan fingerprint density at radius 2 is 2.13 bits per heavy atom. The molecule has 1 aliphatic heterocycles. The molecule has 0 aliphatic carbocycles. The van der Waals surface area contributed by atoms with E-state index < -0.39 is 0 Å². The minimum absolute atomic E-state index is 0.542. The molecule has 1 aliphatic rings. The predicted octanol–water partition coefficient (Wildman–Crippen LogP) is 3.45. The Balaban J connectivity index is 2.57. The molecule has 1 saturated heterocycles. The first-order chi connectivity index (χ1) is 7.29. The molecule has 0 spiro atoms. The molecule has 1 rings (SSSR count). The van der Waals surface area contributed by atoms with Gasteiger partial charge in [-0.25, -0.2) is 0 Å². The van der Waals surface area contributed by atoms with Crippen LogP contribution in [-0.2, 0) is 0 Å². The summed E-state index contributed by atoms with van der Waals surface area (Å²) in [5.74, 6) is 0.542. The summed E-state index contributed by atoms with van der Waals surface area (Å²) >= 11 is 0. The quantitative estimate of drug-likeness (QED) is 0.655. The van der Waals surface area contributed by atoms with Gasteiger partial charge in [0, 0.05) is 6.04 Å². The highest BCUT2D eigenvalue weighted by molar-refractivity contribution is 5.10. The van der Waals surface area contributed by atoms with Gasteiger partial charge in [-0.05, 0) is 38.1 Å². The zero-order valence-electron chi connectivity index (χ0n) is 9.67. The topological polar surface area (TPSA) is 12.0 Å². The molecular formula is C14H23N. The Labute approximate surface area is 94.0 Å². The standard InChI is InChI=1S/C14H23N/c1-4-8-12(3)13(9-5-2)14-10-6-7-11-15-14/h4-5,13-15H,1-3,6-11H2. The highest BCUT2D eigenvalue weighted by atomic mass is 14.9. The van der Waals surface area contributed by atoms with Crippen molar-refractivity contribution >= 4 is 0 Å². The number of piperidine rings is 1. The van der Waals surface area contributed by atoms with Crippen molar-refractivity contribution in [2.24, 2.45) is 5.92 Å². The zero-order valence-corrected chi connectivity index (χ0v) is 9.67. The van der Waals surface area contributed by atoms with Crippen LogP contribution in [0.15, 0.2) is 37.5 Å². The second kappa shape index (κ2) is 6.62. The van der Waals surface area contributed by atoms with Crippen LogP contribution in [0.25, 0.3) is 0 Å². The first-order valence-corrected chi connectivity index (χ1v) is 5.92. The fourth-order valence-corrected chi connectivity index (χ4v) is 2.35. The largest absolute Gasteiger partial charge is 0.313 e. The fourth-order valence-electron chi connectivity index (χ4n) is 2.35. The monoisotopic (exact) mass is 205 g/mol. The first-order valence-electron chi connectivity index (χ1n) is 5.92. The van der Waals surface area contributed by atoms with Crippen LogP contribution in [0.3, 0.4) is 0 Å². The Hall–Kier alpha value is -0.820. The lowest BCUT2D eigenvalue weighted by atomic mass is 9.83. The maximum absolute atomic E-state index is 4.18. The van der Waals surface area contributed by atoms with Crippen molar-refractivity contribution in [2.45, 2.75) is 38.1 Å². The lowest BCUT2D eigenvalue weighted by Crippen LogP contribution is -2.40. The molecule has 2 atom stereocenters. The van der Waals surface area contributed by atoms with Crippen molar-refractivity contribution in [1.82, 2.24) is 5.32 Å². The number of hydrogen-bond donors (Lipinski definition) is 1. The lowest BCUT2D eigenvalue weighted by molar-refractivity contribution is 0.322. The molecule has 15 heavy (non-hydrogen) atoms. The summed E-state index contributed by atoms with van der Waals surface area (Å²) in [5.41, 5.74) is 1.30. The van der Waals surface area contributed by atoms with Gasteiger partial charge < -0.3 is 5.32 Å². The van der Waals surface area contributed by atoms with Gasteiger partial charge in [-0.1, -0.05) is 30.7 Å². The van der Waals surface area contributed by atoms with Crippen molar-refractivity contribution < 1.29 is 0 Å². The smallest absolute Gasteiger partial charge is 0.0135 e. The van der Waals surface area contributed by atoms with E-state index in [9.17, 15) is 0 Å². The van der Waals surface area contributed by atoms with E-state index in [0.717, 1.165) is 19.4 Å². The summed E-state index contributed by atoms with van der Waals surface area (Å²) in [7, 11) is 0. The van der Waals surface area contributed by atoms with E-state index in [1.54, 1.807) is 0 Å². The van der Waals surface area contributed by atoms with E-state index in [2.05, 4.69) is 25.1 Å². The van der Waals surface area contributed by atoms with Crippen LogP contribution in [0.4, 0.5) is 0 Å². The van der Waals surface area contributed by atoms with Crippen LogP contribution in [0.5, 0.6) is 0 Å². The third-order valence-electron chi connectivity index (χ3n) is 3.19. The molecule has 0 saturated carbocycles. The number of allylic oxidation sites excluding steroid dienone is 2. The molecule has 0 aromatic carbocycles. The number of rotatable bonds is 6. The van der Waals surface area contributed by atoms with Crippen LogP contribution in [0.2, 0.25) is 0 Å². The summed E-state index contributed by atoms with van der Waals surface area (Å²) in [6, 6.07) is 0.601. The molecule has 1 heterocycles. The van der Waals surface area contributed by atoms with Crippen LogP contribution in [0.1, 0.15) is 32.1 Å². The maximum Gasteiger partial charge on any atom is 0.0135 e. The summed E-state index contributed by atoms with van der Waals surface area (Å²) in [4.78, 5) is 0. The van der Waals surface area contributed by atoms with E-state index in [0.29, 0.717) is 12.0 Å². The molecule has 2 unspecified atom stereocenters. The maximum atomic E-state index is 4.18. The minimum Gasteiger partial charge on any atom is -0.313 e. The van der Waals surface area contributed by atoms with Crippen molar-refractivity contribution in [3.05, 3.63) is 37.5 Å². The second-order valence-electron chi connectivity index (χ2n) is 4.34. The molecule has 0 bridgehead atoms. The SMILES string of the molecule is C=CCC(=C)C(CC=C)C1CCCCN1. The van der Waals surface area contributed by atoms with Gasteiger partial charge in [0.05, 0.1) is 0 Å². The lowest BCUT2D eigenvalue weighted by Gasteiger charge is -2.32. The molecule has 0 radical (unpaired) electrons.